The first-order valence-corrected chi connectivity index (χ1v) is 5.43. The molecule has 2 nitrogen and oxygen atoms in total. The summed E-state index contributed by atoms with van der Waals surface area (Å²) < 4.78 is 5.61. The van der Waals surface area contributed by atoms with Gasteiger partial charge in [-0.3, -0.25) is 0 Å². The highest BCUT2D eigenvalue weighted by molar-refractivity contribution is 5.94. The van der Waals surface area contributed by atoms with Crippen LogP contribution in [0.5, 0.6) is 0 Å². The van der Waals surface area contributed by atoms with E-state index >= 15 is 0 Å². The third-order valence-corrected chi connectivity index (χ3v) is 3.73. The predicted molar refractivity (Wildman–Crippen MR) is 56.4 cm³/mol. The molecule has 2 aliphatic carbocycles. The minimum atomic E-state index is 0.0756. The zero-order valence-electron chi connectivity index (χ0n) is 8.49. The number of hydrogen-bond donors (Lipinski definition) is 0. The van der Waals surface area contributed by atoms with Crippen LogP contribution < -0.4 is 0 Å². The lowest BCUT2D eigenvalue weighted by Gasteiger charge is -2.49. The van der Waals surface area contributed by atoms with Crippen molar-refractivity contribution in [1.82, 2.24) is 0 Å². The van der Waals surface area contributed by atoms with Crippen LogP contribution in [0.4, 0.5) is 0 Å². The summed E-state index contributed by atoms with van der Waals surface area (Å²) in [6.07, 6.45) is 12.4. The maximum Gasteiger partial charge on any atom is 0.197 e. The van der Waals surface area contributed by atoms with Gasteiger partial charge in [-0.25, -0.2) is 4.99 Å². The van der Waals surface area contributed by atoms with Crippen molar-refractivity contribution in [3.05, 3.63) is 24.3 Å². The molecule has 0 aromatic heterocycles. The molecule has 0 amide bonds. The van der Waals surface area contributed by atoms with E-state index in [1.807, 2.05) is 6.92 Å². The minimum Gasteiger partial charge on any atom is -0.481 e. The predicted octanol–water partition coefficient (Wildman–Crippen LogP) is 2.47. The Kier molecular flexibility index (Phi) is 1.48. The zero-order chi connectivity index (χ0) is 9.65. The first-order valence-electron chi connectivity index (χ1n) is 5.43. The van der Waals surface area contributed by atoms with E-state index in [2.05, 4.69) is 29.3 Å². The zero-order valence-corrected chi connectivity index (χ0v) is 8.49. The van der Waals surface area contributed by atoms with Crippen LogP contribution in [0.15, 0.2) is 29.3 Å². The van der Waals surface area contributed by atoms with Gasteiger partial charge in [0, 0.05) is 0 Å². The lowest BCUT2D eigenvalue weighted by molar-refractivity contribution is 0.198. The highest BCUT2D eigenvalue weighted by atomic mass is 16.5. The second-order valence-electron chi connectivity index (χ2n) is 4.32. The molecule has 1 heterocycles. The number of aliphatic imine (C=N–C) groups is 1. The van der Waals surface area contributed by atoms with E-state index in [-0.39, 0.29) is 11.0 Å². The van der Waals surface area contributed by atoms with Gasteiger partial charge < -0.3 is 4.74 Å². The molecule has 2 atom stereocenters. The summed E-state index contributed by atoms with van der Waals surface area (Å²) in [5, 5.41) is 0. The molecule has 74 valence electrons. The summed E-state index contributed by atoms with van der Waals surface area (Å²) >= 11 is 0. The van der Waals surface area contributed by atoms with Crippen LogP contribution in [0.2, 0.25) is 0 Å². The maximum atomic E-state index is 5.61. The molecule has 14 heavy (non-hydrogen) atoms. The molecule has 2 heteroatoms. The van der Waals surface area contributed by atoms with E-state index in [0.29, 0.717) is 0 Å². The van der Waals surface area contributed by atoms with Gasteiger partial charge in [-0.05, 0) is 26.2 Å². The van der Waals surface area contributed by atoms with Crippen molar-refractivity contribution in [3.63, 3.8) is 0 Å². The van der Waals surface area contributed by atoms with Gasteiger partial charge in [0.05, 0.1) is 12.0 Å². The third kappa shape index (κ3) is 0.715. The van der Waals surface area contributed by atoms with E-state index in [9.17, 15) is 0 Å². The Morgan fingerprint density at radius 1 is 1.36 bits per heavy atom. The topological polar surface area (TPSA) is 21.6 Å². The molecule has 0 aromatic carbocycles. The number of ether oxygens (including phenoxy) is 1. The number of nitrogens with zero attached hydrogens (tertiary/aromatic N) is 1. The Labute approximate surface area is 84.4 Å². The average Bonchev–Trinajstić information content (AvgIpc) is 2.50. The fraction of sp³-hybridized carbons (Fsp3) is 0.583. The smallest absolute Gasteiger partial charge is 0.197 e. The average molecular weight is 189 g/mol. The molecule has 1 fully saturated rings. The summed E-state index contributed by atoms with van der Waals surface area (Å²) in [4.78, 5) is 4.67. The highest BCUT2D eigenvalue weighted by Crippen LogP contribution is 2.59. The molecule has 0 radical (unpaired) electrons. The lowest BCUT2D eigenvalue weighted by Crippen LogP contribution is -2.56. The summed E-state index contributed by atoms with van der Waals surface area (Å²) in [6.45, 7) is 2.75. The maximum absolute atomic E-state index is 5.61. The van der Waals surface area contributed by atoms with Gasteiger partial charge in [-0.15, -0.1) is 0 Å². The number of allylic oxidation sites excluding steroid dienone is 2. The van der Waals surface area contributed by atoms with Crippen molar-refractivity contribution in [2.45, 2.75) is 31.7 Å². The standard InChI is InChI=1S/C12H15NO/c1-2-14-10-11-6-3-4-8-12(11,13-10)9-5-7-11/h3-4,6,8H,2,5,7,9H2,1H3. The summed E-state index contributed by atoms with van der Waals surface area (Å²) in [5.74, 6) is 0.970. The molecule has 0 saturated heterocycles. The number of rotatable bonds is 1. The Balaban J connectivity index is 2.04. The summed E-state index contributed by atoms with van der Waals surface area (Å²) in [7, 11) is 0. The van der Waals surface area contributed by atoms with Crippen LogP contribution in [0, 0.1) is 5.41 Å². The van der Waals surface area contributed by atoms with Crippen molar-refractivity contribution >= 4 is 5.90 Å². The minimum absolute atomic E-state index is 0.0756. The van der Waals surface area contributed by atoms with E-state index in [4.69, 9.17) is 4.74 Å². The van der Waals surface area contributed by atoms with Crippen molar-refractivity contribution < 1.29 is 4.74 Å². The van der Waals surface area contributed by atoms with Gasteiger partial charge in [0.25, 0.3) is 0 Å². The van der Waals surface area contributed by atoms with Gasteiger partial charge in [0.15, 0.2) is 5.90 Å². The second kappa shape index (κ2) is 2.50. The normalized spacial score (nSPS) is 42.5. The largest absolute Gasteiger partial charge is 0.481 e. The van der Waals surface area contributed by atoms with Crippen molar-refractivity contribution in [2.24, 2.45) is 10.4 Å². The molecular weight excluding hydrogens is 174 g/mol. The molecule has 3 rings (SSSR count). The second-order valence-corrected chi connectivity index (χ2v) is 4.32. The third-order valence-electron chi connectivity index (χ3n) is 3.73. The molecule has 3 aliphatic rings. The quantitative estimate of drug-likeness (QED) is 0.621. The molecule has 0 spiro atoms. The lowest BCUT2D eigenvalue weighted by atomic mass is 9.64. The Bertz CT molecular complexity index is 355. The van der Waals surface area contributed by atoms with Crippen molar-refractivity contribution in [2.75, 3.05) is 6.61 Å². The molecule has 0 aromatic rings. The fourth-order valence-corrected chi connectivity index (χ4v) is 3.05. The van der Waals surface area contributed by atoms with Crippen molar-refractivity contribution in [3.8, 4) is 0 Å². The molecular formula is C12H15NO. The van der Waals surface area contributed by atoms with E-state index in [1.54, 1.807) is 0 Å². The van der Waals surface area contributed by atoms with Crippen LogP contribution in [-0.2, 0) is 4.74 Å². The number of hydrogen-bond acceptors (Lipinski definition) is 2. The Morgan fingerprint density at radius 3 is 3.07 bits per heavy atom. The van der Waals surface area contributed by atoms with E-state index in [0.717, 1.165) is 12.5 Å². The van der Waals surface area contributed by atoms with Gasteiger partial charge in [-0.2, -0.15) is 0 Å². The molecule has 1 aliphatic heterocycles. The van der Waals surface area contributed by atoms with Crippen LogP contribution in [0.25, 0.3) is 0 Å². The highest BCUT2D eigenvalue weighted by Gasteiger charge is 2.63. The van der Waals surface area contributed by atoms with E-state index in [1.165, 1.54) is 19.3 Å². The van der Waals surface area contributed by atoms with E-state index < -0.39 is 0 Å². The van der Waals surface area contributed by atoms with Crippen LogP contribution in [0.3, 0.4) is 0 Å². The molecule has 2 unspecified atom stereocenters. The van der Waals surface area contributed by atoms with Gasteiger partial charge >= 0.3 is 0 Å². The Morgan fingerprint density at radius 2 is 2.21 bits per heavy atom. The first-order chi connectivity index (χ1) is 6.83. The van der Waals surface area contributed by atoms with Crippen LogP contribution in [0.1, 0.15) is 26.2 Å². The van der Waals surface area contributed by atoms with Gasteiger partial charge in [0.1, 0.15) is 5.54 Å². The SMILES string of the molecule is CCOC1=NC23C=CC=CC12CCC3. The van der Waals surface area contributed by atoms with Gasteiger partial charge in [0.2, 0.25) is 0 Å². The molecule has 0 N–H and O–H groups in total. The van der Waals surface area contributed by atoms with Crippen LogP contribution in [-0.4, -0.2) is 18.0 Å². The molecule has 0 bridgehead atoms. The van der Waals surface area contributed by atoms with Crippen molar-refractivity contribution in [1.29, 1.82) is 0 Å². The summed E-state index contributed by atoms with van der Waals surface area (Å²) in [6, 6.07) is 0. The molecule has 1 saturated carbocycles. The monoisotopic (exact) mass is 189 g/mol. The van der Waals surface area contributed by atoms with Gasteiger partial charge in [-0.1, -0.05) is 24.3 Å². The van der Waals surface area contributed by atoms with Crippen LogP contribution >= 0.6 is 0 Å². The Hall–Kier alpha value is -1.05. The first kappa shape index (κ1) is 8.27. The fourth-order valence-electron chi connectivity index (χ4n) is 3.05. The summed E-state index contributed by atoms with van der Waals surface area (Å²) in [5.41, 5.74) is 0.212.